The smallest absolute Gasteiger partial charge is 0.254 e. The van der Waals surface area contributed by atoms with Crippen LogP contribution in [0.4, 0.5) is 10.1 Å². The lowest BCUT2D eigenvalue weighted by Gasteiger charge is -2.37. The van der Waals surface area contributed by atoms with E-state index < -0.39 is 5.82 Å². The van der Waals surface area contributed by atoms with Crippen molar-refractivity contribution in [3.05, 3.63) is 89.5 Å². The number of hydrogen-bond acceptors (Lipinski definition) is 2. The summed E-state index contributed by atoms with van der Waals surface area (Å²) >= 11 is 0. The van der Waals surface area contributed by atoms with Crippen LogP contribution in [0.25, 0.3) is 0 Å². The molecule has 3 aromatic rings. The van der Waals surface area contributed by atoms with Gasteiger partial charge in [-0.05, 0) is 48.0 Å². The summed E-state index contributed by atoms with van der Waals surface area (Å²) in [5.41, 5.74) is 3.60. The van der Waals surface area contributed by atoms with Gasteiger partial charge in [0.2, 0.25) is 0 Å². The van der Waals surface area contributed by atoms with Gasteiger partial charge in [0.15, 0.2) is 0 Å². The number of amides is 1. The van der Waals surface area contributed by atoms with E-state index in [1.807, 2.05) is 36.2 Å². The largest absolute Gasteiger partial charge is 0.378 e. The lowest BCUT2D eigenvalue weighted by Crippen LogP contribution is -2.42. The van der Waals surface area contributed by atoms with Gasteiger partial charge in [-0.25, -0.2) is 4.39 Å². The maximum absolute atomic E-state index is 13.6. The zero-order valence-electron chi connectivity index (χ0n) is 15.5. The van der Waals surface area contributed by atoms with E-state index >= 15 is 0 Å². The van der Waals surface area contributed by atoms with E-state index in [9.17, 15) is 9.18 Å². The minimum Gasteiger partial charge on any atom is -0.378 e. The highest BCUT2D eigenvalue weighted by Gasteiger charge is 2.32. The maximum atomic E-state index is 13.6. The molecule has 1 atom stereocenters. The van der Waals surface area contributed by atoms with Gasteiger partial charge < -0.3 is 14.4 Å². The zero-order valence-corrected chi connectivity index (χ0v) is 15.5. The first kappa shape index (κ1) is 17.3. The average Bonchev–Trinajstić information content (AvgIpc) is 3.15. The van der Waals surface area contributed by atoms with Gasteiger partial charge in [0.25, 0.3) is 5.91 Å². The Morgan fingerprint density at radius 2 is 1.81 bits per heavy atom. The SMILES string of the molecule is CN(C)c1ccc(C2c3cccn3CCN2C(=O)c2cccc(F)c2)cc1. The molecule has 27 heavy (non-hydrogen) atoms. The van der Waals surface area contributed by atoms with Crippen LogP contribution >= 0.6 is 0 Å². The molecule has 2 aromatic carbocycles. The fraction of sp³-hybridized carbons (Fsp3) is 0.227. The number of nitrogens with zero attached hydrogens (tertiary/aromatic N) is 3. The Balaban J connectivity index is 1.75. The van der Waals surface area contributed by atoms with Gasteiger partial charge >= 0.3 is 0 Å². The summed E-state index contributed by atoms with van der Waals surface area (Å²) in [6, 6.07) is 18.0. The van der Waals surface area contributed by atoms with E-state index in [2.05, 4.69) is 34.9 Å². The van der Waals surface area contributed by atoms with Crippen molar-refractivity contribution >= 4 is 11.6 Å². The van der Waals surface area contributed by atoms with Crippen LogP contribution in [-0.2, 0) is 6.54 Å². The molecule has 4 rings (SSSR count). The van der Waals surface area contributed by atoms with E-state index in [1.165, 1.54) is 12.1 Å². The van der Waals surface area contributed by atoms with Gasteiger partial charge in [0.05, 0.1) is 6.04 Å². The summed E-state index contributed by atoms with van der Waals surface area (Å²) in [4.78, 5) is 17.1. The highest BCUT2D eigenvalue weighted by atomic mass is 19.1. The first-order chi connectivity index (χ1) is 13.0. The third-order valence-electron chi connectivity index (χ3n) is 5.10. The van der Waals surface area contributed by atoms with E-state index in [4.69, 9.17) is 0 Å². The van der Waals surface area contributed by atoms with Gasteiger partial charge in [0, 0.05) is 50.3 Å². The van der Waals surface area contributed by atoms with Gasteiger partial charge in [-0.1, -0.05) is 18.2 Å². The molecular formula is C22H22FN3O. The predicted molar refractivity (Wildman–Crippen MR) is 104 cm³/mol. The first-order valence-electron chi connectivity index (χ1n) is 9.03. The molecule has 138 valence electrons. The fourth-order valence-corrected chi connectivity index (χ4v) is 3.69. The van der Waals surface area contributed by atoms with Crippen molar-refractivity contribution in [3.8, 4) is 0 Å². The number of halogens is 1. The number of anilines is 1. The summed E-state index contributed by atoms with van der Waals surface area (Å²) in [5.74, 6) is -0.545. The molecule has 0 fully saturated rings. The monoisotopic (exact) mass is 363 g/mol. The Morgan fingerprint density at radius 1 is 1.04 bits per heavy atom. The Kier molecular flexibility index (Phi) is 4.44. The van der Waals surface area contributed by atoms with Crippen LogP contribution in [-0.4, -0.2) is 36.0 Å². The molecule has 1 aliphatic heterocycles. The second-order valence-electron chi connectivity index (χ2n) is 7.02. The number of fused-ring (bicyclic) bond motifs is 1. The molecule has 0 aliphatic carbocycles. The molecule has 0 bridgehead atoms. The topological polar surface area (TPSA) is 28.5 Å². The van der Waals surface area contributed by atoms with Crippen LogP contribution in [0, 0.1) is 5.82 Å². The molecule has 4 nitrogen and oxygen atoms in total. The molecule has 5 heteroatoms. The second kappa shape index (κ2) is 6.91. The Labute approximate surface area is 158 Å². The molecule has 0 radical (unpaired) electrons. The lowest BCUT2D eigenvalue weighted by molar-refractivity contribution is 0.0663. The van der Waals surface area contributed by atoms with Gasteiger partial charge in [-0.2, -0.15) is 0 Å². The normalized spacial score (nSPS) is 16.1. The number of carbonyl (C=O) groups is 1. The average molecular weight is 363 g/mol. The molecule has 0 spiro atoms. The van der Waals surface area contributed by atoms with Crippen molar-refractivity contribution < 1.29 is 9.18 Å². The Morgan fingerprint density at radius 3 is 2.52 bits per heavy atom. The third-order valence-corrected chi connectivity index (χ3v) is 5.10. The Hall–Kier alpha value is -3.08. The third kappa shape index (κ3) is 3.21. The maximum Gasteiger partial charge on any atom is 0.254 e. The molecule has 1 aromatic heterocycles. The highest BCUT2D eigenvalue weighted by molar-refractivity contribution is 5.94. The standard InChI is InChI=1S/C22H22FN3O/c1-24(2)19-10-8-16(9-11-19)21-20-7-4-12-25(20)13-14-26(21)22(27)17-5-3-6-18(23)15-17/h3-12,15,21H,13-14H2,1-2H3. The molecule has 0 N–H and O–H groups in total. The highest BCUT2D eigenvalue weighted by Crippen LogP contribution is 2.34. The van der Waals surface area contributed by atoms with Crippen molar-refractivity contribution in [2.75, 3.05) is 25.5 Å². The Bertz CT molecular complexity index is 962. The number of rotatable bonds is 3. The van der Waals surface area contributed by atoms with Gasteiger partial charge in [-0.15, -0.1) is 0 Å². The van der Waals surface area contributed by atoms with Crippen molar-refractivity contribution in [1.82, 2.24) is 9.47 Å². The van der Waals surface area contributed by atoms with Gasteiger partial charge in [0.1, 0.15) is 5.82 Å². The summed E-state index contributed by atoms with van der Waals surface area (Å²) in [6.07, 6.45) is 2.04. The first-order valence-corrected chi connectivity index (χ1v) is 9.03. The predicted octanol–water partition coefficient (Wildman–Crippen LogP) is 3.94. The van der Waals surface area contributed by atoms with E-state index in [0.717, 1.165) is 23.5 Å². The zero-order chi connectivity index (χ0) is 19.0. The molecule has 0 saturated heterocycles. The number of aromatic nitrogens is 1. The molecular weight excluding hydrogens is 341 g/mol. The molecule has 1 amide bonds. The van der Waals surface area contributed by atoms with E-state index in [0.29, 0.717) is 12.1 Å². The summed E-state index contributed by atoms with van der Waals surface area (Å²) in [5, 5.41) is 0. The van der Waals surface area contributed by atoms with Crippen molar-refractivity contribution in [2.24, 2.45) is 0 Å². The van der Waals surface area contributed by atoms with Crippen LogP contribution in [0.1, 0.15) is 27.7 Å². The molecule has 2 heterocycles. The molecule has 1 unspecified atom stereocenters. The van der Waals surface area contributed by atoms with Crippen LogP contribution in [0.5, 0.6) is 0 Å². The number of hydrogen-bond donors (Lipinski definition) is 0. The fourth-order valence-electron chi connectivity index (χ4n) is 3.69. The summed E-state index contributed by atoms with van der Waals surface area (Å²) in [6.45, 7) is 1.31. The van der Waals surface area contributed by atoms with Crippen LogP contribution < -0.4 is 4.90 Å². The van der Waals surface area contributed by atoms with Crippen molar-refractivity contribution in [2.45, 2.75) is 12.6 Å². The lowest BCUT2D eigenvalue weighted by atomic mass is 9.98. The van der Waals surface area contributed by atoms with Crippen LogP contribution in [0.2, 0.25) is 0 Å². The molecule has 1 aliphatic rings. The quantitative estimate of drug-likeness (QED) is 0.705. The minimum absolute atomic E-state index is 0.149. The number of benzene rings is 2. The van der Waals surface area contributed by atoms with Crippen molar-refractivity contribution in [3.63, 3.8) is 0 Å². The van der Waals surface area contributed by atoms with E-state index in [-0.39, 0.29) is 11.9 Å². The molecule has 0 saturated carbocycles. The second-order valence-corrected chi connectivity index (χ2v) is 7.02. The summed E-state index contributed by atoms with van der Waals surface area (Å²) in [7, 11) is 4.00. The summed E-state index contributed by atoms with van der Waals surface area (Å²) < 4.78 is 15.8. The van der Waals surface area contributed by atoms with Crippen LogP contribution in [0.3, 0.4) is 0 Å². The van der Waals surface area contributed by atoms with E-state index in [1.54, 1.807) is 12.1 Å². The minimum atomic E-state index is -0.395. The van der Waals surface area contributed by atoms with Crippen molar-refractivity contribution in [1.29, 1.82) is 0 Å². The van der Waals surface area contributed by atoms with Gasteiger partial charge in [-0.3, -0.25) is 4.79 Å². The number of carbonyl (C=O) groups excluding carboxylic acids is 1. The van der Waals surface area contributed by atoms with Crippen LogP contribution in [0.15, 0.2) is 66.9 Å².